The summed E-state index contributed by atoms with van der Waals surface area (Å²) in [4.78, 5) is 11.8. The molecule has 5 nitrogen and oxygen atoms in total. The topological polar surface area (TPSA) is 62.7 Å². The first-order valence-electron chi connectivity index (χ1n) is 7.50. The molecule has 2 N–H and O–H groups in total. The molecule has 0 heterocycles. The lowest BCUT2D eigenvalue weighted by atomic mass is 10.2. The Bertz CT molecular complexity index is 490. The number of anilines is 1. The third-order valence-electron chi connectivity index (χ3n) is 3.54. The lowest BCUT2D eigenvalue weighted by molar-refractivity contribution is -0.119. The fourth-order valence-corrected chi connectivity index (χ4v) is 2.34. The summed E-state index contributed by atoms with van der Waals surface area (Å²) in [6.45, 7) is 0.198. The molecule has 1 aliphatic carbocycles. The van der Waals surface area contributed by atoms with Crippen LogP contribution in [0.1, 0.15) is 38.5 Å². The minimum atomic E-state index is -0.130. The van der Waals surface area contributed by atoms with Gasteiger partial charge in [-0.3, -0.25) is 4.79 Å². The molecule has 114 valence electrons. The van der Waals surface area contributed by atoms with Crippen LogP contribution in [0.2, 0.25) is 0 Å². The fourth-order valence-electron chi connectivity index (χ4n) is 2.34. The van der Waals surface area contributed by atoms with Gasteiger partial charge in [-0.25, -0.2) is 5.43 Å². The van der Waals surface area contributed by atoms with Gasteiger partial charge in [0.15, 0.2) is 0 Å². The third-order valence-corrected chi connectivity index (χ3v) is 3.54. The Morgan fingerprint density at radius 1 is 1.24 bits per heavy atom. The molecule has 1 aromatic rings. The van der Waals surface area contributed by atoms with Crippen molar-refractivity contribution in [2.24, 2.45) is 5.10 Å². The molecule has 1 aliphatic rings. The maximum Gasteiger partial charge on any atom is 0.259 e. The Balaban J connectivity index is 1.77. The average molecular weight is 289 g/mol. The van der Waals surface area contributed by atoms with Gasteiger partial charge in [-0.1, -0.05) is 18.9 Å². The van der Waals surface area contributed by atoms with Gasteiger partial charge >= 0.3 is 0 Å². The predicted octanol–water partition coefficient (Wildman–Crippen LogP) is 2.93. The van der Waals surface area contributed by atoms with E-state index < -0.39 is 0 Å². The predicted molar refractivity (Wildman–Crippen MR) is 84.8 cm³/mol. The van der Waals surface area contributed by atoms with Crippen molar-refractivity contribution in [3.05, 3.63) is 24.3 Å². The molecule has 1 saturated carbocycles. The van der Waals surface area contributed by atoms with Crippen molar-refractivity contribution >= 4 is 17.3 Å². The SMILES string of the molecule is COc1cccc(NCC(=O)NN=C2CCCCCC2)c1. The van der Waals surface area contributed by atoms with Crippen LogP contribution in [-0.2, 0) is 4.79 Å². The zero-order chi connectivity index (χ0) is 14.9. The minimum Gasteiger partial charge on any atom is -0.497 e. The highest BCUT2D eigenvalue weighted by atomic mass is 16.5. The van der Waals surface area contributed by atoms with E-state index in [0.29, 0.717) is 0 Å². The molecule has 1 fully saturated rings. The van der Waals surface area contributed by atoms with Gasteiger partial charge in [0.05, 0.1) is 13.7 Å². The Morgan fingerprint density at radius 2 is 2.00 bits per heavy atom. The Morgan fingerprint density at radius 3 is 2.71 bits per heavy atom. The highest BCUT2D eigenvalue weighted by Gasteiger charge is 2.06. The minimum absolute atomic E-state index is 0.130. The highest BCUT2D eigenvalue weighted by molar-refractivity contribution is 5.87. The van der Waals surface area contributed by atoms with Gasteiger partial charge in [0.2, 0.25) is 0 Å². The van der Waals surface area contributed by atoms with Crippen LogP contribution >= 0.6 is 0 Å². The first kappa shape index (κ1) is 15.4. The number of methoxy groups -OCH3 is 1. The second-order valence-corrected chi connectivity index (χ2v) is 5.21. The number of amides is 1. The number of carbonyl (C=O) groups is 1. The number of ether oxygens (including phenoxy) is 1. The molecule has 5 heteroatoms. The van der Waals surface area contributed by atoms with Gasteiger partial charge in [-0.05, 0) is 37.8 Å². The van der Waals surface area contributed by atoms with E-state index in [2.05, 4.69) is 15.8 Å². The molecule has 0 unspecified atom stereocenters. The highest BCUT2D eigenvalue weighted by Crippen LogP contribution is 2.16. The summed E-state index contributed by atoms with van der Waals surface area (Å²) in [6, 6.07) is 7.49. The monoisotopic (exact) mass is 289 g/mol. The Labute approximate surface area is 125 Å². The van der Waals surface area contributed by atoms with Gasteiger partial charge < -0.3 is 10.1 Å². The summed E-state index contributed by atoms with van der Waals surface area (Å²) < 4.78 is 5.14. The van der Waals surface area contributed by atoms with E-state index in [9.17, 15) is 4.79 Å². The van der Waals surface area contributed by atoms with Gasteiger partial charge in [0, 0.05) is 17.5 Å². The molecule has 0 spiro atoms. The molecule has 2 rings (SSSR count). The van der Waals surface area contributed by atoms with Crippen LogP contribution in [0.4, 0.5) is 5.69 Å². The van der Waals surface area contributed by atoms with Crippen molar-refractivity contribution in [3.8, 4) is 5.75 Å². The van der Waals surface area contributed by atoms with Crippen LogP contribution < -0.4 is 15.5 Å². The van der Waals surface area contributed by atoms with Crippen molar-refractivity contribution < 1.29 is 9.53 Å². The van der Waals surface area contributed by atoms with E-state index in [1.54, 1.807) is 7.11 Å². The summed E-state index contributed by atoms with van der Waals surface area (Å²) >= 11 is 0. The normalized spacial score (nSPS) is 15.0. The molecule has 0 bridgehead atoms. The lowest BCUT2D eigenvalue weighted by Gasteiger charge is -2.08. The zero-order valence-corrected chi connectivity index (χ0v) is 12.5. The van der Waals surface area contributed by atoms with Crippen LogP contribution in [0.3, 0.4) is 0 Å². The molecule has 0 atom stereocenters. The van der Waals surface area contributed by atoms with E-state index in [1.165, 1.54) is 25.7 Å². The molecule has 1 aromatic carbocycles. The van der Waals surface area contributed by atoms with E-state index >= 15 is 0 Å². The molecular weight excluding hydrogens is 266 g/mol. The second-order valence-electron chi connectivity index (χ2n) is 5.21. The first-order valence-corrected chi connectivity index (χ1v) is 7.50. The Kier molecular flexibility index (Phi) is 6.06. The lowest BCUT2D eigenvalue weighted by Crippen LogP contribution is -2.26. The standard InChI is InChI=1S/C16H23N3O2/c1-21-15-10-6-9-14(11-15)17-12-16(20)19-18-13-7-4-2-3-5-8-13/h6,9-11,17H,2-5,7-8,12H2,1H3,(H,19,20). The number of hydrazone groups is 1. The van der Waals surface area contributed by atoms with Crippen molar-refractivity contribution in [1.82, 2.24) is 5.43 Å². The molecule has 0 saturated heterocycles. The molecule has 21 heavy (non-hydrogen) atoms. The smallest absolute Gasteiger partial charge is 0.259 e. The van der Waals surface area contributed by atoms with Crippen LogP contribution in [-0.4, -0.2) is 25.3 Å². The van der Waals surface area contributed by atoms with Gasteiger partial charge in [-0.15, -0.1) is 0 Å². The van der Waals surface area contributed by atoms with Gasteiger partial charge in [0.25, 0.3) is 5.91 Å². The zero-order valence-electron chi connectivity index (χ0n) is 12.5. The maximum atomic E-state index is 11.8. The van der Waals surface area contributed by atoms with Gasteiger partial charge in [0.1, 0.15) is 5.75 Å². The molecular formula is C16H23N3O2. The fraction of sp³-hybridized carbons (Fsp3) is 0.500. The average Bonchev–Trinajstić information content (AvgIpc) is 2.80. The number of nitrogens with zero attached hydrogens (tertiary/aromatic N) is 1. The quantitative estimate of drug-likeness (QED) is 0.647. The summed E-state index contributed by atoms with van der Waals surface area (Å²) in [6.07, 6.45) is 6.90. The second kappa shape index (κ2) is 8.29. The van der Waals surface area contributed by atoms with Crippen LogP contribution in [0, 0.1) is 0 Å². The van der Waals surface area contributed by atoms with Gasteiger partial charge in [-0.2, -0.15) is 5.10 Å². The summed E-state index contributed by atoms with van der Waals surface area (Å²) in [5, 5.41) is 7.30. The van der Waals surface area contributed by atoms with Crippen molar-refractivity contribution in [1.29, 1.82) is 0 Å². The number of nitrogens with one attached hydrogen (secondary N) is 2. The summed E-state index contributed by atoms with van der Waals surface area (Å²) in [5.74, 6) is 0.633. The molecule has 0 aromatic heterocycles. The number of hydrogen-bond acceptors (Lipinski definition) is 4. The number of carbonyl (C=O) groups excluding carboxylic acids is 1. The molecule has 0 aliphatic heterocycles. The third kappa shape index (κ3) is 5.45. The number of rotatable bonds is 5. The van der Waals surface area contributed by atoms with E-state index in [1.807, 2.05) is 24.3 Å². The first-order chi connectivity index (χ1) is 10.3. The van der Waals surface area contributed by atoms with Crippen molar-refractivity contribution in [3.63, 3.8) is 0 Å². The Hall–Kier alpha value is -2.04. The van der Waals surface area contributed by atoms with E-state index in [-0.39, 0.29) is 12.5 Å². The molecule has 0 radical (unpaired) electrons. The van der Waals surface area contributed by atoms with Crippen LogP contribution in [0.25, 0.3) is 0 Å². The largest absolute Gasteiger partial charge is 0.497 e. The summed E-state index contributed by atoms with van der Waals surface area (Å²) in [7, 11) is 1.62. The van der Waals surface area contributed by atoms with Crippen LogP contribution in [0.5, 0.6) is 5.75 Å². The number of benzene rings is 1. The number of hydrogen-bond donors (Lipinski definition) is 2. The summed E-state index contributed by atoms with van der Waals surface area (Å²) in [5.41, 5.74) is 4.60. The van der Waals surface area contributed by atoms with E-state index in [0.717, 1.165) is 30.0 Å². The maximum absolute atomic E-state index is 11.8. The van der Waals surface area contributed by atoms with Crippen molar-refractivity contribution in [2.45, 2.75) is 38.5 Å². The van der Waals surface area contributed by atoms with E-state index in [4.69, 9.17) is 4.74 Å². The van der Waals surface area contributed by atoms with Crippen LogP contribution in [0.15, 0.2) is 29.4 Å². The molecule has 1 amide bonds. The van der Waals surface area contributed by atoms with Crippen molar-refractivity contribution in [2.75, 3.05) is 19.0 Å².